The molecule has 0 saturated carbocycles. The maximum atomic E-state index is 13.6. The molecule has 0 aromatic heterocycles. The molecular weight excluding hydrogens is 265 g/mol. The van der Waals surface area contributed by atoms with E-state index >= 15 is 0 Å². The van der Waals surface area contributed by atoms with Crippen molar-refractivity contribution in [1.29, 1.82) is 0 Å². The molecular formula is C18H22FNO. The van der Waals surface area contributed by atoms with E-state index in [1.807, 2.05) is 25.1 Å². The van der Waals surface area contributed by atoms with Crippen LogP contribution in [0.4, 0.5) is 4.39 Å². The van der Waals surface area contributed by atoms with Crippen LogP contribution < -0.4 is 5.32 Å². The molecule has 0 fully saturated rings. The summed E-state index contributed by atoms with van der Waals surface area (Å²) in [4.78, 5) is 0. The Labute approximate surface area is 125 Å². The lowest BCUT2D eigenvalue weighted by Crippen LogP contribution is -2.24. The summed E-state index contributed by atoms with van der Waals surface area (Å²) < 4.78 is 13.6. The maximum Gasteiger partial charge on any atom is 0.123 e. The second-order valence-corrected chi connectivity index (χ2v) is 5.44. The minimum atomic E-state index is -0.204. The zero-order valence-corrected chi connectivity index (χ0v) is 12.6. The van der Waals surface area contributed by atoms with Crippen LogP contribution in [0.3, 0.4) is 0 Å². The Bertz CT molecular complexity index is 577. The van der Waals surface area contributed by atoms with E-state index in [0.717, 1.165) is 36.1 Å². The van der Waals surface area contributed by atoms with Gasteiger partial charge in [0.1, 0.15) is 11.6 Å². The largest absolute Gasteiger partial charge is 0.508 e. The van der Waals surface area contributed by atoms with E-state index in [4.69, 9.17) is 0 Å². The van der Waals surface area contributed by atoms with Crippen molar-refractivity contribution in [2.45, 2.75) is 32.7 Å². The number of benzene rings is 2. The fraction of sp³-hybridized carbons (Fsp3) is 0.333. The van der Waals surface area contributed by atoms with Crippen molar-refractivity contribution in [2.75, 3.05) is 6.54 Å². The number of aromatic hydroxyl groups is 1. The summed E-state index contributed by atoms with van der Waals surface area (Å²) in [5, 5.41) is 13.0. The van der Waals surface area contributed by atoms with Crippen LogP contribution in [-0.4, -0.2) is 11.7 Å². The number of phenols is 1. The van der Waals surface area contributed by atoms with Crippen LogP contribution in [-0.2, 0) is 6.42 Å². The van der Waals surface area contributed by atoms with Gasteiger partial charge in [-0.1, -0.05) is 25.1 Å². The Balaban J connectivity index is 2.25. The molecule has 1 atom stereocenters. The van der Waals surface area contributed by atoms with Gasteiger partial charge in [-0.3, -0.25) is 0 Å². The van der Waals surface area contributed by atoms with Crippen LogP contribution in [0.5, 0.6) is 5.75 Å². The molecule has 0 saturated heterocycles. The van der Waals surface area contributed by atoms with Gasteiger partial charge in [-0.15, -0.1) is 0 Å². The quantitative estimate of drug-likeness (QED) is 0.837. The van der Waals surface area contributed by atoms with Gasteiger partial charge in [-0.25, -0.2) is 4.39 Å². The van der Waals surface area contributed by atoms with Crippen LogP contribution in [0, 0.1) is 12.7 Å². The Morgan fingerprint density at radius 2 is 2.00 bits per heavy atom. The van der Waals surface area contributed by atoms with Crippen molar-refractivity contribution < 1.29 is 9.50 Å². The van der Waals surface area contributed by atoms with Gasteiger partial charge in [0, 0.05) is 6.04 Å². The predicted molar refractivity (Wildman–Crippen MR) is 84.0 cm³/mol. The van der Waals surface area contributed by atoms with Crippen molar-refractivity contribution in [2.24, 2.45) is 0 Å². The smallest absolute Gasteiger partial charge is 0.123 e. The Morgan fingerprint density at radius 1 is 1.19 bits per heavy atom. The average Bonchev–Trinajstić information content (AvgIpc) is 2.42. The molecule has 0 aliphatic rings. The molecule has 2 rings (SSSR count). The van der Waals surface area contributed by atoms with Crippen LogP contribution in [0.15, 0.2) is 42.5 Å². The molecule has 0 aliphatic carbocycles. The van der Waals surface area contributed by atoms with Gasteiger partial charge >= 0.3 is 0 Å². The van der Waals surface area contributed by atoms with Crippen molar-refractivity contribution in [1.82, 2.24) is 5.32 Å². The van der Waals surface area contributed by atoms with E-state index in [9.17, 15) is 9.50 Å². The molecule has 2 nitrogen and oxygen atoms in total. The summed E-state index contributed by atoms with van der Waals surface area (Å²) in [7, 11) is 0. The lowest BCUT2D eigenvalue weighted by Gasteiger charge is -2.20. The van der Waals surface area contributed by atoms with Gasteiger partial charge in [0.25, 0.3) is 0 Å². The molecule has 0 spiro atoms. The minimum absolute atomic E-state index is 0.0427. The second-order valence-electron chi connectivity index (χ2n) is 5.44. The number of aryl methyl sites for hydroxylation is 1. The lowest BCUT2D eigenvalue weighted by molar-refractivity contribution is 0.472. The van der Waals surface area contributed by atoms with Crippen molar-refractivity contribution in [3.63, 3.8) is 0 Å². The number of halogens is 1. The molecule has 112 valence electrons. The maximum absolute atomic E-state index is 13.6. The molecule has 0 radical (unpaired) electrons. The number of hydrogen-bond acceptors (Lipinski definition) is 2. The highest BCUT2D eigenvalue weighted by Crippen LogP contribution is 2.22. The van der Waals surface area contributed by atoms with Crippen molar-refractivity contribution in [3.8, 4) is 5.75 Å². The molecule has 0 aliphatic heterocycles. The molecule has 0 heterocycles. The van der Waals surface area contributed by atoms with Gasteiger partial charge in [-0.05, 0) is 67.3 Å². The predicted octanol–water partition coefficient (Wildman–Crippen LogP) is 4.12. The van der Waals surface area contributed by atoms with Gasteiger partial charge in [0.2, 0.25) is 0 Å². The Hall–Kier alpha value is -1.87. The highest BCUT2D eigenvalue weighted by Gasteiger charge is 2.13. The first kappa shape index (κ1) is 15.5. The first-order chi connectivity index (χ1) is 10.1. The molecule has 21 heavy (non-hydrogen) atoms. The summed E-state index contributed by atoms with van der Waals surface area (Å²) in [5.74, 6) is 0.0568. The summed E-state index contributed by atoms with van der Waals surface area (Å²) in [6.45, 7) is 4.88. The van der Waals surface area contributed by atoms with Crippen molar-refractivity contribution in [3.05, 3.63) is 65.0 Å². The molecule has 2 aromatic rings. The lowest BCUT2D eigenvalue weighted by atomic mass is 9.97. The second kappa shape index (κ2) is 7.23. The van der Waals surface area contributed by atoms with Crippen LogP contribution in [0.25, 0.3) is 0 Å². The van der Waals surface area contributed by atoms with Crippen LogP contribution in [0.2, 0.25) is 0 Å². The molecule has 2 aromatic carbocycles. The topological polar surface area (TPSA) is 32.3 Å². The monoisotopic (exact) mass is 287 g/mol. The number of nitrogens with one attached hydrogen (secondary N) is 1. The van der Waals surface area contributed by atoms with Crippen LogP contribution >= 0.6 is 0 Å². The zero-order chi connectivity index (χ0) is 15.2. The summed E-state index contributed by atoms with van der Waals surface area (Å²) in [5.41, 5.74) is 2.90. The third-order valence-corrected chi connectivity index (χ3v) is 3.46. The van der Waals surface area contributed by atoms with Gasteiger partial charge in [0.15, 0.2) is 0 Å². The van der Waals surface area contributed by atoms with E-state index in [-0.39, 0.29) is 17.6 Å². The fourth-order valence-electron chi connectivity index (χ4n) is 2.51. The highest BCUT2D eigenvalue weighted by molar-refractivity contribution is 5.31. The van der Waals surface area contributed by atoms with E-state index in [0.29, 0.717) is 0 Å². The average molecular weight is 287 g/mol. The first-order valence-electron chi connectivity index (χ1n) is 7.37. The van der Waals surface area contributed by atoms with Crippen molar-refractivity contribution >= 4 is 0 Å². The number of rotatable bonds is 6. The molecule has 3 heteroatoms. The van der Waals surface area contributed by atoms with Crippen LogP contribution in [0.1, 0.15) is 36.1 Å². The SMILES string of the molecule is CCCNC(Cc1cccc(O)c1)c1cc(C)cc(F)c1. The zero-order valence-electron chi connectivity index (χ0n) is 12.6. The number of phenolic OH excluding ortho intramolecular Hbond substituents is 1. The molecule has 0 amide bonds. The Morgan fingerprint density at radius 3 is 2.67 bits per heavy atom. The normalized spacial score (nSPS) is 12.3. The summed E-state index contributed by atoms with van der Waals surface area (Å²) >= 11 is 0. The van der Waals surface area contributed by atoms with E-state index < -0.39 is 0 Å². The molecule has 1 unspecified atom stereocenters. The highest BCUT2D eigenvalue weighted by atomic mass is 19.1. The molecule has 0 bridgehead atoms. The fourth-order valence-corrected chi connectivity index (χ4v) is 2.51. The first-order valence-corrected chi connectivity index (χ1v) is 7.37. The van der Waals surface area contributed by atoms with Gasteiger partial charge in [0.05, 0.1) is 0 Å². The van der Waals surface area contributed by atoms with Gasteiger partial charge < -0.3 is 10.4 Å². The Kier molecular flexibility index (Phi) is 5.34. The summed E-state index contributed by atoms with van der Waals surface area (Å²) in [6.07, 6.45) is 1.74. The minimum Gasteiger partial charge on any atom is -0.508 e. The standard InChI is InChI=1S/C18H22FNO/c1-3-7-20-18(11-14-5-4-6-17(21)10-14)15-8-13(2)9-16(19)12-15/h4-6,8-10,12,18,20-21H,3,7,11H2,1-2H3. The third-order valence-electron chi connectivity index (χ3n) is 3.46. The third kappa shape index (κ3) is 4.57. The van der Waals surface area contributed by atoms with E-state index in [1.54, 1.807) is 18.2 Å². The summed E-state index contributed by atoms with van der Waals surface area (Å²) in [6, 6.07) is 12.4. The van der Waals surface area contributed by atoms with E-state index in [1.165, 1.54) is 6.07 Å². The number of hydrogen-bond donors (Lipinski definition) is 2. The molecule has 2 N–H and O–H groups in total. The van der Waals surface area contributed by atoms with E-state index in [2.05, 4.69) is 12.2 Å². The van der Waals surface area contributed by atoms with Gasteiger partial charge in [-0.2, -0.15) is 0 Å².